The Bertz CT molecular complexity index is 325. The predicted octanol–water partition coefficient (Wildman–Crippen LogP) is 1.67. The number of hydrogen-bond acceptors (Lipinski definition) is 4. The van der Waals surface area contributed by atoms with Gasteiger partial charge in [-0.25, -0.2) is 0 Å². The summed E-state index contributed by atoms with van der Waals surface area (Å²) in [6.45, 7) is 3.21. The number of benzene rings is 1. The number of rotatable bonds is 4. The van der Waals surface area contributed by atoms with Crippen LogP contribution in [0.25, 0.3) is 0 Å². The highest BCUT2D eigenvalue weighted by molar-refractivity contribution is 5.51. The molecule has 0 atom stereocenters. The monoisotopic (exact) mass is 222 g/mol. The highest BCUT2D eigenvalue weighted by atomic mass is 16.7. The fourth-order valence-electron chi connectivity index (χ4n) is 1.69. The van der Waals surface area contributed by atoms with Crippen molar-refractivity contribution in [1.82, 2.24) is 5.06 Å². The molecule has 4 heteroatoms. The van der Waals surface area contributed by atoms with Crippen LogP contribution in [0.15, 0.2) is 24.3 Å². The Labute approximate surface area is 95.9 Å². The van der Waals surface area contributed by atoms with Gasteiger partial charge in [-0.2, -0.15) is 5.06 Å². The van der Waals surface area contributed by atoms with Crippen molar-refractivity contribution in [2.45, 2.75) is 12.8 Å². The third kappa shape index (κ3) is 3.12. The van der Waals surface area contributed by atoms with Crippen LogP contribution in [0.1, 0.15) is 12.8 Å². The minimum atomic E-state index is 0.605. The van der Waals surface area contributed by atoms with E-state index in [4.69, 9.17) is 15.3 Å². The zero-order valence-corrected chi connectivity index (χ0v) is 9.39. The van der Waals surface area contributed by atoms with Crippen molar-refractivity contribution in [3.63, 3.8) is 0 Å². The van der Waals surface area contributed by atoms with Crippen molar-refractivity contribution in [2.75, 3.05) is 32.0 Å². The molecule has 2 rings (SSSR count). The zero-order valence-electron chi connectivity index (χ0n) is 9.39. The van der Waals surface area contributed by atoms with Crippen LogP contribution in [-0.4, -0.2) is 31.4 Å². The zero-order chi connectivity index (χ0) is 11.2. The van der Waals surface area contributed by atoms with Crippen molar-refractivity contribution in [1.29, 1.82) is 0 Å². The number of nitrogens with zero attached hydrogens (tertiary/aromatic N) is 1. The van der Waals surface area contributed by atoms with E-state index in [1.165, 1.54) is 6.42 Å². The first-order valence-corrected chi connectivity index (χ1v) is 5.71. The maximum atomic E-state index is 5.77. The van der Waals surface area contributed by atoms with Crippen LogP contribution in [0.4, 0.5) is 5.69 Å². The SMILES string of the molecule is Nc1ccccc1OCCN1CCCCO1. The van der Waals surface area contributed by atoms with E-state index in [-0.39, 0.29) is 0 Å². The minimum absolute atomic E-state index is 0.605. The van der Waals surface area contributed by atoms with Crippen LogP contribution in [0.3, 0.4) is 0 Å². The molecule has 1 aliphatic rings. The van der Waals surface area contributed by atoms with Crippen LogP contribution >= 0.6 is 0 Å². The number of hydroxylamine groups is 2. The molecular weight excluding hydrogens is 204 g/mol. The molecule has 0 unspecified atom stereocenters. The Balaban J connectivity index is 1.73. The third-order valence-corrected chi connectivity index (χ3v) is 2.59. The van der Waals surface area contributed by atoms with Gasteiger partial charge in [0.1, 0.15) is 12.4 Å². The standard InChI is InChI=1S/C12H18N2O2/c13-11-5-1-2-6-12(11)15-10-8-14-7-3-4-9-16-14/h1-2,5-6H,3-4,7-10,13H2. The number of nitrogen functional groups attached to an aromatic ring is 1. The first-order chi connectivity index (χ1) is 7.86. The second-order valence-corrected chi connectivity index (χ2v) is 3.86. The summed E-state index contributed by atoms with van der Waals surface area (Å²) < 4.78 is 5.59. The summed E-state index contributed by atoms with van der Waals surface area (Å²) in [4.78, 5) is 5.47. The lowest BCUT2D eigenvalue weighted by Crippen LogP contribution is -2.33. The van der Waals surface area contributed by atoms with E-state index in [2.05, 4.69) is 0 Å². The number of anilines is 1. The van der Waals surface area contributed by atoms with E-state index in [0.717, 1.165) is 31.9 Å². The maximum Gasteiger partial charge on any atom is 0.142 e. The second kappa shape index (κ2) is 5.72. The third-order valence-electron chi connectivity index (χ3n) is 2.59. The van der Waals surface area contributed by atoms with Crippen molar-refractivity contribution in [3.05, 3.63) is 24.3 Å². The van der Waals surface area contributed by atoms with Gasteiger partial charge < -0.3 is 10.5 Å². The summed E-state index contributed by atoms with van der Waals surface area (Å²) in [6.07, 6.45) is 2.36. The Morgan fingerprint density at radius 1 is 1.31 bits per heavy atom. The molecule has 0 radical (unpaired) electrons. The smallest absolute Gasteiger partial charge is 0.142 e. The summed E-state index contributed by atoms with van der Waals surface area (Å²) >= 11 is 0. The van der Waals surface area contributed by atoms with Gasteiger partial charge in [-0.1, -0.05) is 12.1 Å². The fourth-order valence-corrected chi connectivity index (χ4v) is 1.69. The Kier molecular flexibility index (Phi) is 4.02. The molecule has 0 aromatic heterocycles. The Hall–Kier alpha value is -1.26. The quantitative estimate of drug-likeness (QED) is 0.787. The maximum absolute atomic E-state index is 5.77. The number of ether oxygens (including phenoxy) is 1. The molecule has 4 nitrogen and oxygen atoms in total. The summed E-state index contributed by atoms with van der Waals surface area (Å²) in [6, 6.07) is 7.54. The van der Waals surface area contributed by atoms with E-state index in [0.29, 0.717) is 12.3 Å². The molecule has 2 N–H and O–H groups in total. The van der Waals surface area contributed by atoms with Crippen molar-refractivity contribution < 1.29 is 9.57 Å². The molecule has 1 fully saturated rings. The first-order valence-electron chi connectivity index (χ1n) is 5.71. The molecule has 1 heterocycles. The fraction of sp³-hybridized carbons (Fsp3) is 0.500. The molecule has 0 spiro atoms. The molecule has 1 aromatic rings. The average Bonchev–Trinajstić information content (AvgIpc) is 2.33. The molecule has 0 aliphatic carbocycles. The van der Waals surface area contributed by atoms with Crippen molar-refractivity contribution in [2.24, 2.45) is 0 Å². The number of hydrogen-bond donors (Lipinski definition) is 1. The van der Waals surface area contributed by atoms with E-state index in [1.807, 2.05) is 29.3 Å². The average molecular weight is 222 g/mol. The lowest BCUT2D eigenvalue weighted by atomic mass is 10.3. The van der Waals surface area contributed by atoms with E-state index < -0.39 is 0 Å². The number of para-hydroxylation sites is 2. The van der Waals surface area contributed by atoms with Gasteiger partial charge in [0.25, 0.3) is 0 Å². The van der Waals surface area contributed by atoms with Gasteiger partial charge >= 0.3 is 0 Å². The van der Waals surface area contributed by atoms with Gasteiger partial charge in [0.15, 0.2) is 0 Å². The van der Waals surface area contributed by atoms with Crippen molar-refractivity contribution in [3.8, 4) is 5.75 Å². The molecule has 88 valence electrons. The summed E-state index contributed by atoms with van der Waals surface area (Å²) in [5.74, 6) is 0.750. The van der Waals surface area contributed by atoms with Crippen LogP contribution in [0.2, 0.25) is 0 Å². The largest absolute Gasteiger partial charge is 0.490 e. The molecule has 0 amide bonds. The molecule has 0 bridgehead atoms. The summed E-state index contributed by atoms with van der Waals surface area (Å²) in [5.41, 5.74) is 6.45. The highest BCUT2D eigenvalue weighted by Crippen LogP contribution is 2.19. The van der Waals surface area contributed by atoms with E-state index >= 15 is 0 Å². The minimum Gasteiger partial charge on any atom is -0.490 e. The van der Waals surface area contributed by atoms with Crippen LogP contribution in [0.5, 0.6) is 5.75 Å². The molecule has 1 aliphatic heterocycles. The molecule has 1 saturated heterocycles. The highest BCUT2D eigenvalue weighted by Gasteiger charge is 2.10. The Morgan fingerprint density at radius 3 is 2.94 bits per heavy atom. The lowest BCUT2D eigenvalue weighted by Gasteiger charge is -2.25. The first kappa shape index (κ1) is 11.2. The lowest BCUT2D eigenvalue weighted by molar-refractivity contribution is -0.183. The predicted molar refractivity (Wildman–Crippen MR) is 63.1 cm³/mol. The molecule has 16 heavy (non-hydrogen) atoms. The Morgan fingerprint density at radius 2 is 2.19 bits per heavy atom. The van der Waals surface area contributed by atoms with Gasteiger partial charge in [0.05, 0.1) is 18.8 Å². The summed E-state index contributed by atoms with van der Waals surface area (Å²) in [5, 5.41) is 1.96. The molecule has 0 saturated carbocycles. The van der Waals surface area contributed by atoms with Crippen LogP contribution < -0.4 is 10.5 Å². The van der Waals surface area contributed by atoms with E-state index in [1.54, 1.807) is 0 Å². The molecular formula is C12H18N2O2. The van der Waals surface area contributed by atoms with Gasteiger partial charge in [0.2, 0.25) is 0 Å². The summed E-state index contributed by atoms with van der Waals surface area (Å²) in [7, 11) is 0. The van der Waals surface area contributed by atoms with Gasteiger partial charge in [-0.15, -0.1) is 0 Å². The van der Waals surface area contributed by atoms with Crippen molar-refractivity contribution >= 4 is 5.69 Å². The number of nitrogens with two attached hydrogens (primary N) is 1. The molecule has 1 aromatic carbocycles. The van der Waals surface area contributed by atoms with E-state index in [9.17, 15) is 0 Å². The normalized spacial score (nSPS) is 17.2. The van der Waals surface area contributed by atoms with Gasteiger partial charge in [-0.05, 0) is 25.0 Å². The van der Waals surface area contributed by atoms with Crippen LogP contribution in [0, 0.1) is 0 Å². The topological polar surface area (TPSA) is 47.7 Å². The van der Waals surface area contributed by atoms with Crippen LogP contribution in [-0.2, 0) is 4.84 Å². The van der Waals surface area contributed by atoms with Gasteiger partial charge in [-0.3, -0.25) is 4.84 Å². The second-order valence-electron chi connectivity index (χ2n) is 3.86. The van der Waals surface area contributed by atoms with Gasteiger partial charge in [0, 0.05) is 6.54 Å².